The minimum Gasteiger partial charge on any atom is -0.480 e. The molecule has 4 aromatic rings. The van der Waals surface area contributed by atoms with Crippen molar-refractivity contribution < 1.29 is 28.6 Å². The zero-order valence-electron chi connectivity index (χ0n) is 22.4. The summed E-state index contributed by atoms with van der Waals surface area (Å²) in [5.41, 5.74) is 5.34. The third-order valence-electron chi connectivity index (χ3n) is 6.48. The predicted molar refractivity (Wildman–Crippen MR) is 157 cm³/mol. The number of benzene rings is 3. The Labute approximate surface area is 237 Å². The zero-order chi connectivity index (χ0) is 28.5. The van der Waals surface area contributed by atoms with Gasteiger partial charge in [-0.2, -0.15) is 11.8 Å². The molecule has 0 spiro atoms. The van der Waals surface area contributed by atoms with Crippen LogP contribution in [0.15, 0.2) is 83.3 Å². The van der Waals surface area contributed by atoms with E-state index in [0.29, 0.717) is 40.4 Å². The average molecular weight is 558 g/mol. The molecule has 0 saturated heterocycles. The molecule has 0 bridgehead atoms. The van der Waals surface area contributed by atoms with Crippen molar-refractivity contribution in [2.45, 2.75) is 32.6 Å². The number of amides is 1. The van der Waals surface area contributed by atoms with Crippen LogP contribution >= 0.6 is 11.8 Å². The molecule has 1 heterocycles. The first-order chi connectivity index (χ1) is 19.4. The van der Waals surface area contributed by atoms with Gasteiger partial charge >= 0.3 is 5.97 Å². The lowest BCUT2D eigenvalue weighted by Crippen LogP contribution is -2.41. The van der Waals surface area contributed by atoms with E-state index in [1.807, 2.05) is 73.8 Å². The quantitative estimate of drug-likeness (QED) is 0.184. The van der Waals surface area contributed by atoms with Crippen LogP contribution < -0.4 is 5.32 Å². The van der Waals surface area contributed by atoms with Crippen molar-refractivity contribution in [3.05, 3.63) is 107 Å². The van der Waals surface area contributed by atoms with E-state index in [2.05, 4.69) is 5.32 Å². The fraction of sp³-hybridized carbons (Fsp3) is 0.219. The van der Waals surface area contributed by atoms with E-state index >= 15 is 0 Å². The van der Waals surface area contributed by atoms with E-state index in [1.54, 1.807) is 18.2 Å². The number of ether oxygens (including phenoxy) is 1. The van der Waals surface area contributed by atoms with Crippen molar-refractivity contribution in [3.8, 4) is 22.5 Å². The van der Waals surface area contributed by atoms with Gasteiger partial charge in [-0.1, -0.05) is 54.6 Å². The summed E-state index contributed by atoms with van der Waals surface area (Å²) in [4.78, 5) is 35.9. The van der Waals surface area contributed by atoms with Gasteiger partial charge in [0.1, 0.15) is 30.5 Å². The van der Waals surface area contributed by atoms with Crippen molar-refractivity contribution in [2.24, 2.45) is 0 Å². The van der Waals surface area contributed by atoms with Crippen LogP contribution in [-0.2, 0) is 22.7 Å². The monoisotopic (exact) mass is 557 g/mol. The van der Waals surface area contributed by atoms with Crippen LogP contribution in [0.1, 0.15) is 44.0 Å². The number of hydrogen-bond acceptors (Lipinski definition) is 6. The van der Waals surface area contributed by atoms with Crippen LogP contribution in [0.5, 0.6) is 0 Å². The first-order valence-electron chi connectivity index (χ1n) is 12.8. The Morgan fingerprint density at radius 2 is 1.77 bits per heavy atom. The summed E-state index contributed by atoms with van der Waals surface area (Å²) in [6.45, 7) is 2.51. The number of hydrogen-bond donors (Lipinski definition) is 2. The second-order valence-electron chi connectivity index (χ2n) is 9.34. The molecule has 40 heavy (non-hydrogen) atoms. The molecule has 8 heteroatoms. The Balaban J connectivity index is 1.49. The van der Waals surface area contributed by atoms with Crippen LogP contribution in [0.25, 0.3) is 22.5 Å². The molecule has 0 fully saturated rings. The molecular weight excluding hydrogens is 526 g/mol. The van der Waals surface area contributed by atoms with E-state index in [1.165, 1.54) is 11.8 Å². The number of thioether (sulfide) groups is 1. The van der Waals surface area contributed by atoms with Gasteiger partial charge in [0.25, 0.3) is 5.91 Å². The lowest BCUT2D eigenvalue weighted by atomic mass is 9.93. The van der Waals surface area contributed by atoms with Crippen molar-refractivity contribution in [3.63, 3.8) is 0 Å². The summed E-state index contributed by atoms with van der Waals surface area (Å²) >= 11 is 1.53. The van der Waals surface area contributed by atoms with Gasteiger partial charge in [0.15, 0.2) is 0 Å². The zero-order valence-corrected chi connectivity index (χ0v) is 23.2. The Morgan fingerprint density at radius 3 is 2.48 bits per heavy atom. The number of carboxylic acid groups (broad SMARTS) is 1. The maximum absolute atomic E-state index is 13.3. The highest BCUT2D eigenvalue weighted by Gasteiger charge is 2.22. The highest BCUT2D eigenvalue weighted by atomic mass is 32.2. The summed E-state index contributed by atoms with van der Waals surface area (Å²) in [5, 5.41) is 12.3. The smallest absolute Gasteiger partial charge is 0.326 e. The van der Waals surface area contributed by atoms with Crippen molar-refractivity contribution in [2.75, 3.05) is 12.0 Å². The maximum atomic E-state index is 13.3. The van der Waals surface area contributed by atoms with Crippen LogP contribution in [0.2, 0.25) is 0 Å². The van der Waals surface area contributed by atoms with Crippen LogP contribution in [0.3, 0.4) is 0 Å². The van der Waals surface area contributed by atoms with Crippen LogP contribution in [0.4, 0.5) is 0 Å². The Bertz CT molecular complexity index is 1480. The summed E-state index contributed by atoms with van der Waals surface area (Å²) < 4.78 is 11.8. The minimum atomic E-state index is -1.05. The number of carboxylic acids is 1. The van der Waals surface area contributed by atoms with Gasteiger partial charge in [0.05, 0.1) is 6.61 Å². The van der Waals surface area contributed by atoms with Crippen molar-refractivity contribution >= 4 is 29.9 Å². The van der Waals surface area contributed by atoms with E-state index < -0.39 is 17.9 Å². The lowest BCUT2D eigenvalue weighted by Gasteiger charge is -2.17. The van der Waals surface area contributed by atoms with Gasteiger partial charge in [-0.15, -0.1) is 0 Å². The molecule has 0 unspecified atom stereocenters. The van der Waals surface area contributed by atoms with E-state index in [4.69, 9.17) is 9.15 Å². The molecule has 206 valence electrons. The number of nitrogens with one attached hydrogen (secondary N) is 1. The normalized spacial score (nSPS) is 11.7. The molecule has 3 aromatic carbocycles. The SMILES string of the molecule is CSCC[C@H](NC(=O)c1ccc(COCc2ccc(-c3ccc(C=O)cc3)o2)cc1-c1ccccc1C)C(=O)O. The van der Waals surface area contributed by atoms with Gasteiger partial charge < -0.3 is 19.6 Å². The first kappa shape index (κ1) is 28.9. The van der Waals surface area contributed by atoms with Crippen molar-refractivity contribution in [1.29, 1.82) is 0 Å². The van der Waals surface area contributed by atoms with Crippen LogP contribution in [-0.4, -0.2) is 41.3 Å². The Kier molecular flexibility index (Phi) is 9.94. The predicted octanol–water partition coefficient (Wildman–Crippen LogP) is 6.39. The molecule has 1 amide bonds. The number of furan rings is 1. The molecule has 1 aromatic heterocycles. The third kappa shape index (κ3) is 7.28. The minimum absolute atomic E-state index is 0.254. The second kappa shape index (κ2) is 13.8. The number of aldehydes is 1. The molecule has 0 saturated carbocycles. The number of aliphatic carboxylic acids is 1. The molecule has 7 nitrogen and oxygen atoms in total. The van der Waals surface area contributed by atoms with Crippen LogP contribution in [0, 0.1) is 6.92 Å². The topological polar surface area (TPSA) is 106 Å². The fourth-order valence-corrected chi connectivity index (χ4v) is 4.78. The number of rotatable bonds is 13. The second-order valence-corrected chi connectivity index (χ2v) is 10.3. The van der Waals surface area contributed by atoms with Gasteiger partial charge in [-0.25, -0.2) is 4.79 Å². The fourth-order valence-electron chi connectivity index (χ4n) is 4.31. The molecule has 1 atom stereocenters. The first-order valence-corrected chi connectivity index (χ1v) is 14.2. The Hall–Kier alpha value is -4.14. The van der Waals surface area contributed by atoms with Gasteiger partial charge in [0, 0.05) is 16.7 Å². The summed E-state index contributed by atoms with van der Waals surface area (Å²) in [6.07, 6.45) is 3.04. The number of carbonyl (C=O) groups excluding carboxylic acids is 2. The van der Waals surface area contributed by atoms with Gasteiger partial charge in [-0.3, -0.25) is 9.59 Å². The van der Waals surface area contributed by atoms with Gasteiger partial charge in [-0.05, 0) is 71.9 Å². The average Bonchev–Trinajstić information content (AvgIpc) is 3.44. The Morgan fingerprint density at radius 1 is 1.00 bits per heavy atom. The maximum Gasteiger partial charge on any atom is 0.326 e. The number of carbonyl (C=O) groups is 3. The van der Waals surface area contributed by atoms with E-state index in [-0.39, 0.29) is 13.2 Å². The summed E-state index contributed by atoms with van der Waals surface area (Å²) in [7, 11) is 0. The number of aryl methyl sites for hydroxylation is 1. The van der Waals surface area contributed by atoms with E-state index in [9.17, 15) is 19.5 Å². The standard InChI is InChI=1S/C32H31NO6S/c1-21-5-3-4-6-26(21)28-17-23(9-13-27(28)31(35)33-29(32(36)37)15-16-40-2)19-38-20-25-12-14-30(39-25)24-10-7-22(18-34)8-11-24/h3-14,17-18,29H,15-16,19-20H2,1-2H3,(H,33,35)(H,36,37)/t29-/m0/s1. The molecule has 0 aliphatic rings. The summed E-state index contributed by atoms with van der Waals surface area (Å²) in [6, 6.07) is 23.1. The molecule has 0 aliphatic carbocycles. The van der Waals surface area contributed by atoms with Crippen molar-refractivity contribution in [1.82, 2.24) is 5.32 Å². The molecule has 4 rings (SSSR count). The molecular formula is C32H31NO6S. The molecule has 2 N–H and O–H groups in total. The molecule has 0 aliphatic heterocycles. The largest absolute Gasteiger partial charge is 0.480 e. The van der Waals surface area contributed by atoms with E-state index in [0.717, 1.165) is 28.5 Å². The molecule has 0 radical (unpaired) electrons. The lowest BCUT2D eigenvalue weighted by molar-refractivity contribution is -0.139. The highest BCUT2D eigenvalue weighted by Crippen LogP contribution is 2.29. The summed E-state index contributed by atoms with van der Waals surface area (Å²) in [5.74, 6) is 0.495. The van der Waals surface area contributed by atoms with Gasteiger partial charge in [0.2, 0.25) is 0 Å². The highest BCUT2D eigenvalue weighted by molar-refractivity contribution is 7.98. The third-order valence-corrected chi connectivity index (χ3v) is 7.13.